The van der Waals surface area contributed by atoms with Crippen LogP contribution in [0.15, 0.2) is 11.3 Å². The smallest absolute Gasteiger partial charge is 0.206 e. The molecular weight excluding hydrogens is 320 g/mol. The molecule has 2 saturated carbocycles. The van der Waals surface area contributed by atoms with E-state index in [9.17, 15) is 9.90 Å². The van der Waals surface area contributed by atoms with Crippen molar-refractivity contribution >= 4 is 5.78 Å². The van der Waals surface area contributed by atoms with Crippen LogP contribution in [0.2, 0.25) is 0 Å². The van der Waals surface area contributed by atoms with E-state index in [2.05, 4.69) is 6.92 Å². The molecule has 4 rings (SSSR count). The zero-order valence-corrected chi connectivity index (χ0v) is 15.7. The van der Waals surface area contributed by atoms with Gasteiger partial charge in [0.2, 0.25) is 5.78 Å². The summed E-state index contributed by atoms with van der Waals surface area (Å²) in [6.45, 7) is 4.84. The highest BCUT2D eigenvalue weighted by Gasteiger charge is 2.63. The Morgan fingerprint density at radius 1 is 1.32 bits per heavy atom. The van der Waals surface area contributed by atoms with Crippen molar-refractivity contribution in [2.45, 2.75) is 63.8 Å². The summed E-state index contributed by atoms with van der Waals surface area (Å²) in [7, 11) is 3.26. The first kappa shape index (κ1) is 17.5. The van der Waals surface area contributed by atoms with Crippen LogP contribution in [0.5, 0.6) is 0 Å². The number of methoxy groups -OCH3 is 2. The number of ether oxygens (including phenoxy) is 3. The van der Waals surface area contributed by atoms with Crippen molar-refractivity contribution in [1.82, 2.24) is 0 Å². The van der Waals surface area contributed by atoms with Gasteiger partial charge in [-0.15, -0.1) is 0 Å². The van der Waals surface area contributed by atoms with Crippen molar-refractivity contribution in [1.29, 1.82) is 0 Å². The molecule has 140 valence electrons. The van der Waals surface area contributed by atoms with Crippen LogP contribution in [-0.2, 0) is 19.0 Å². The number of carbonyl (C=O) groups excluding carboxylic acids is 1. The Hall–Kier alpha value is -0.910. The maximum absolute atomic E-state index is 13.7. The normalized spacial score (nSPS) is 52.4. The fraction of sp³-hybridized carbons (Fsp3) is 0.850. The van der Waals surface area contributed by atoms with Crippen molar-refractivity contribution in [2.24, 2.45) is 23.2 Å². The van der Waals surface area contributed by atoms with Crippen LogP contribution in [0.25, 0.3) is 0 Å². The summed E-state index contributed by atoms with van der Waals surface area (Å²) in [5.41, 5.74) is -0.446. The summed E-state index contributed by atoms with van der Waals surface area (Å²) in [5, 5.41) is 11.4. The molecule has 0 aromatic heterocycles. The highest BCUT2D eigenvalue weighted by atomic mass is 16.5. The molecule has 3 fully saturated rings. The van der Waals surface area contributed by atoms with E-state index < -0.39 is 11.0 Å². The first-order valence-corrected chi connectivity index (χ1v) is 9.52. The van der Waals surface area contributed by atoms with Gasteiger partial charge in [-0.1, -0.05) is 6.92 Å². The van der Waals surface area contributed by atoms with Crippen molar-refractivity contribution < 1.29 is 24.1 Å². The second-order valence-electron chi connectivity index (χ2n) is 8.82. The summed E-state index contributed by atoms with van der Waals surface area (Å²) in [5.74, 6) is 1.18. The SMILES string of the molecule is CO/C1=C2/CC(O)(CCC2C)CC2C3COC3CC(OC)C2(C)C1=O. The molecular formula is C20H30O5. The minimum atomic E-state index is -0.756. The average Bonchev–Trinajstić information content (AvgIpc) is 2.55. The van der Waals surface area contributed by atoms with E-state index in [-0.39, 0.29) is 29.8 Å². The number of carbonyl (C=O) groups is 1. The monoisotopic (exact) mass is 350 g/mol. The molecule has 5 heteroatoms. The summed E-state index contributed by atoms with van der Waals surface area (Å²) in [4.78, 5) is 13.7. The Morgan fingerprint density at radius 3 is 2.68 bits per heavy atom. The van der Waals surface area contributed by atoms with Crippen LogP contribution >= 0.6 is 0 Å². The number of hydrogen-bond acceptors (Lipinski definition) is 5. The van der Waals surface area contributed by atoms with E-state index in [1.807, 2.05) is 6.92 Å². The molecule has 0 amide bonds. The van der Waals surface area contributed by atoms with Gasteiger partial charge in [0.05, 0.1) is 36.9 Å². The first-order chi connectivity index (χ1) is 11.8. The van der Waals surface area contributed by atoms with Gasteiger partial charge < -0.3 is 19.3 Å². The highest BCUT2D eigenvalue weighted by Crippen LogP contribution is 2.57. The Balaban J connectivity index is 1.87. The molecule has 5 nitrogen and oxygen atoms in total. The van der Waals surface area contributed by atoms with Gasteiger partial charge in [0.1, 0.15) is 0 Å². The third-order valence-electron chi connectivity index (χ3n) is 7.62. The van der Waals surface area contributed by atoms with Gasteiger partial charge in [0.15, 0.2) is 5.76 Å². The van der Waals surface area contributed by atoms with Gasteiger partial charge in [-0.05, 0) is 43.6 Å². The van der Waals surface area contributed by atoms with E-state index in [0.717, 1.165) is 24.8 Å². The summed E-state index contributed by atoms with van der Waals surface area (Å²) in [6.07, 6.45) is 3.54. The lowest BCUT2D eigenvalue weighted by atomic mass is 9.52. The third kappa shape index (κ3) is 2.35. The lowest BCUT2D eigenvalue weighted by Crippen LogP contribution is -2.64. The number of Topliss-reactive ketones (excluding diaryl/α,β-unsaturated/α-hetero) is 1. The zero-order valence-electron chi connectivity index (χ0n) is 15.7. The molecule has 1 heterocycles. The van der Waals surface area contributed by atoms with Gasteiger partial charge in [-0.25, -0.2) is 0 Å². The van der Waals surface area contributed by atoms with E-state index in [4.69, 9.17) is 14.2 Å². The largest absolute Gasteiger partial charge is 0.493 e. The second-order valence-corrected chi connectivity index (χ2v) is 8.82. The van der Waals surface area contributed by atoms with Crippen molar-refractivity contribution in [3.05, 3.63) is 11.3 Å². The molecule has 1 aliphatic heterocycles. The number of ketones is 1. The summed E-state index contributed by atoms with van der Waals surface area (Å²) < 4.78 is 17.2. The number of fused-ring (bicyclic) bond motifs is 5. The van der Waals surface area contributed by atoms with Crippen LogP contribution in [0.4, 0.5) is 0 Å². The molecule has 0 radical (unpaired) electrons. The van der Waals surface area contributed by atoms with E-state index in [1.54, 1.807) is 14.2 Å². The third-order valence-corrected chi connectivity index (χ3v) is 7.62. The van der Waals surface area contributed by atoms with Crippen LogP contribution in [0.3, 0.4) is 0 Å². The van der Waals surface area contributed by atoms with Gasteiger partial charge in [0.25, 0.3) is 0 Å². The minimum absolute atomic E-state index is 0.0579. The predicted octanol–water partition coefficient (Wildman–Crippen LogP) is 2.47. The highest BCUT2D eigenvalue weighted by molar-refractivity contribution is 5.99. The van der Waals surface area contributed by atoms with Gasteiger partial charge >= 0.3 is 0 Å². The first-order valence-electron chi connectivity index (χ1n) is 9.52. The van der Waals surface area contributed by atoms with Crippen LogP contribution in [0, 0.1) is 23.2 Å². The predicted molar refractivity (Wildman–Crippen MR) is 91.9 cm³/mol. The lowest BCUT2D eigenvalue weighted by Gasteiger charge is -2.59. The standard InChI is InChI=1S/C20H30O5/c1-11-5-6-20(22)8-12(11)17(24-4)18(21)19(2)14(9-20)13-10-25-15(13)7-16(19)23-3/h11,13-16,22H,5-10H2,1-4H3/b17-12-. The number of hydrogen-bond donors (Lipinski definition) is 1. The topological polar surface area (TPSA) is 65.0 Å². The van der Waals surface area contributed by atoms with Crippen molar-refractivity contribution in [3.63, 3.8) is 0 Å². The van der Waals surface area contributed by atoms with Gasteiger partial charge in [-0.2, -0.15) is 0 Å². The van der Waals surface area contributed by atoms with Crippen LogP contribution in [-0.4, -0.2) is 49.5 Å². The Bertz CT molecular complexity index is 613. The van der Waals surface area contributed by atoms with Crippen LogP contribution in [0.1, 0.15) is 46.0 Å². The van der Waals surface area contributed by atoms with E-state index in [0.29, 0.717) is 31.1 Å². The second kappa shape index (κ2) is 5.80. The number of aliphatic hydroxyl groups is 1. The number of allylic oxidation sites excluding steroid dienone is 1. The lowest BCUT2D eigenvalue weighted by molar-refractivity contribution is -0.236. The van der Waals surface area contributed by atoms with Crippen LogP contribution < -0.4 is 0 Å². The fourth-order valence-corrected chi connectivity index (χ4v) is 5.90. The molecule has 0 aromatic carbocycles. The Labute approximate surface area is 149 Å². The number of rotatable bonds is 2. The summed E-state index contributed by atoms with van der Waals surface area (Å²) >= 11 is 0. The van der Waals surface area contributed by atoms with E-state index in [1.165, 1.54) is 0 Å². The van der Waals surface area contributed by atoms with Gasteiger partial charge in [0, 0.05) is 25.9 Å². The van der Waals surface area contributed by atoms with Gasteiger partial charge in [-0.3, -0.25) is 4.79 Å². The molecule has 7 unspecified atom stereocenters. The quantitative estimate of drug-likeness (QED) is 0.829. The summed E-state index contributed by atoms with van der Waals surface area (Å²) in [6, 6.07) is 0. The maximum atomic E-state index is 13.7. The molecule has 7 atom stereocenters. The minimum Gasteiger partial charge on any atom is -0.493 e. The maximum Gasteiger partial charge on any atom is 0.206 e. The Morgan fingerprint density at radius 2 is 2.08 bits per heavy atom. The molecule has 0 spiro atoms. The molecule has 2 bridgehead atoms. The molecule has 0 aromatic rings. The average molecular weight is 350 g/mol. The molecule has 4 aliphatic rings. The van der Waals surface area contributed by atoms with Crippen molar-refractivity contribution in [3.8, 4) is 0 Å². The molecule has 3 aliphatic carbocycles. The molecule has 1 N–H and O–H groups in total. The van der Waals surface area contributed by atoms with E-state index >= 15 is 0 Å². The zero-order chi connectivity index (χ0) is 18.0. The van der Waals surface area contributed by atoms with Crippen molar-refractivity contribution in [2.75, 3.05) is 20.8 Å². The molecule has 1 saturated heterocycles. The molecule has 25 heavy (non-hydrogen) atoms. The Kier molecular flexibility index (Phi) is 4.06. The fourth-order valence-electron chi connectivity index (χ4n) is 5.90.